The number of carbonyl (C=O) groups excluding carboxylic acids is 1. The van der Waals surface area contributed by atoms with E-state index in [1.165, 1.54) is 31.5 Å². The maximum Gasteiger partial charge on any atom is 0.573 e. The summed E-state index contributed by atoms with van der Waals surface area (Å²) in [7, 11) is 1.26. The first-order valence-corrected chi connectivity index (χ1v) is 6.30. The van der Waals surface area contributed by atoms with Crippen molar-refractivity contribution in [3.05, 3.63) is 59.4 Å². The van der Waals surface area contributed by atoms with Crippen molar-refractivity contribution >= 4 is 5.97 Å². The second-order valence-electron chi connectivity index (χ2n) is 4.22. The quantitative estimate of drug-likeness (QED) is 0.630. The SMILES string of the molecule is COC(=O)c1ccc(C#Cc2ncccc2OC(F)(F)F)cc1. The molecule has 1 aromatic carbocycles. The summed E-state index contributed by atoms with van der Waals surface area (Å²) in [5.41, 5.74) is 0.708. The van der Waals surface area contributed by atoms with Crippen molar-refractivity contribution in [2.75, 3.05) is 7.11 Å². The minimum atomic E-state index is -4.82. The number of hydrogen-bond acceptors (Lipinski definition) is 4. The van der Waals surface area contributed by atoms with E-state index in [0.29, 0.717) is 11.1 Å². The number of alkyl halides is 3. The number of pyridine rings is 1. The van der Waals surface area contributed by atoms with Gasteiger partial charge in [0, 0.05) is 11.8 Å². The van der Waals surface area contributed by atoms with Gasteiger partial charge in [0.2, 0.25) is 0 Å². The summed E-state index contributed by atoms with van der Waals surface area (Å²) >= 11 is 0. The number of carbonyl (C=O) groups is 1. The van der Waals surface area contributed by atoms with Crippen molar-refractivity contribution in [3.8, 4) is 17.6 Å². The molecule has 4 nitrogen and oxygen atoms in total. The van der Waals surface area contributed by atoms with Crippen LogP contribution < -0.4 is 4.74 Å². The van der Waals surface area contributed by atoms with Crippen molar-refractivity contribution < 1.29 is 27.4 Å². The van der Waals surface area contributed by atoms with Gasteiger partial charge in [-0.1, -0.05) is 5.92 Å². The molecule has 0 fully saturated rings. The van der Waals surface area contributed by atoms with Gasteiger partial charge in [-0.25, -0.2) is 9.78 Å². The summed E-state index contributed by atoms with van der Waals surface area (Å²) < 4.78 is 45.3. The van der Waals surface area contributed by atoms with E-state index in [0.717, 1.165) is 6.07 Å². The van der Waals surface area contributed by atoms with Gasteiger partial charge in [-0.15, -0.1) is 13.2 Å². The van der Waals surface area contributed by atoms with Crippen molar-refractivity contribution in [1.82, 2.24) is 4.98 Å². The summed E-state index contributed by atoms with van der Waals surface area (Å²) in [6.45, 7) is 0. The zero-order valence-corrected chi connectivity index (χ0v) is 11.8. The second kappa shape index (κ2) is 6.83. The van der Waals surface area contributed by atoms with Crippen LogP contribution in [0.4, 0.5) is 13.2 Å². The normalized spacial score (nSPS) is 10.4. The van der Waals surface area contributed by atoms with E-state index >= 15 is 0 Å². The van der Waals surface area contributed by atoms with E-state index in [4.69, 9.17) is 0 Å². The van der Waals surface area contributed by atoms with Crippen molar-refractivity contribution in [1.29, 1.82) is 0 Å². The molecule has 0 unspecified atom stereocenters. The summed E-state index contributed by atoms with van der Waals surface area (Å²) in [6.07, 6.45) is -3.50. The summed E-state index contributed by atoms with van der Waals surface area (Å²) in [4.78, 5) is 15.1. The molecule has 1 heterocycles. The van der Waals surface area contributed by atoms with Crippen LogP contribution in [0.5, 0.6) is 5.75 Å². The van der Waals surface area contributed by atoms with Crippen LogP contribution in [0, 0.1) is 11.8 Å². The van der Waals surface area contributed by atoms with E-state index in [1.807, 2.05) is 0 Å². The average Bonchev–Trinajstić information content (AvgIpc) is 2.52. The van der Waals surface area contributed by atoms with Crippen LogP contribution in [0.1, 0.15) is 21.6 Å². The van der Waals surface area contributed by atoms with Gasteiger partial charge in [-0.2, -0.15) is 0 Å². The first-order valence-electron chi connectivity index (χ1n) is 6.30. The smallest absolute Gasteiger partial charge is 0.465 e. The monoisotopic (exact) mass is 321 g/mol. The topological polar surface area (TPSA) is 48.4 Å². The van der Waals surface area contributed by atoms with Crippen LogP contribution in [0.15, 0.2) is 42.6 Å². The predicted molar refractivity (Wildman–Crippen MR) is 74.7 cm³/mol. The molecule has 0 atom stereocenters. The Balaban J connectivity index is 2.24. The number of rotatable bonds is 2. The zero-order chi connectivity index (χ0) is 16.9. The highest BCUT2D eigenvalue weighted by Crippen LogP contribution is 2.24. The molecule has 1 aromatic heterocycles. The third-order valence-electron chi connectivity index (χ3n) is 2.63. The van der Waals surface area contributed by atoms with Gasteiger partial charge in [-0.05, 0) is 42.3 Å². The van der Waals surface area contributed by atoms with Gasteiger partial charge in [0.15, 0.2) is 11.4 Å². The van der Waals surface area contributed by atoms with Gasteiger partial charge in [-0.3, -0.25) is 0 Å². The highest BCUT2D eigenvalue weighted by molar-refractivity contribution is 5.89. The molecule has 0 bridgehead atoms. The van der Waals surface area contributed by atoms with Crippen LogP contribution in [0.3, 0.4) is 0 Å². The molecular formula is C16H10F3NO3. The lowest BCUT2D eigenvalue weighted by molar-refractivity contribution is -0.274. The average molecular weight is 321 g/mol. The highest BCUT2D eigenvalue weighted by atomic mass is 19.4. The van der Waals surface area contributed by atoms with Crippen LogP contribution in [-0.4, -0.2) is 24.4 Å². The number of esters is 1. The molecule has 118 valence electrons. The third kappa shape index (κ3) is 4.74. The fraction of sp³-hybridized carbons (Fsp3) is 0.125. The van der Waals surface area contributed by atoms with Gasteiger partial charge in [0.25, 0.3) is 0 Å². The summed E-state index contributed by atoms with van der Waals surface area (Å²) in [5.74, 6) is 4.21. The maximum atomic E-state index is 12.3. The Hall–Kier alpha value is -3.01. The number of nitrogens with zero attached hydrogens (tertiary/aromatic N) is 1. The van der Waals surface area contributed by atoms with Crippen molar-refractivity contribution in [2.24, 2.45) is 0 Å². The van der Waals surface area contributed by atoms with E-state index in [2.05, 4.69) is 26.3 Å². The Bertz CT molecular complexity index is 759. The summed E-state index contributed by atoms with van der Waals surface area (Å²) in [6, 6.07) is 8.55. The van der Waals surface area contributed by atoms with E-state index in [1.54, 1.807) is 12.1 Å². The maximum absolute atomic E-state index is 12.3. The molecule has 2 aromatic rings. The molecule has 2 rings (SSSR count). The van der Waals surface area contributed by atoms with Gasteiger partial charge in [0.05, 0.1) is 12.7 Å². The molecule has 0 amide bonds. The minimum absolute atomic E-state index is 0.137. The number of halogens is 3. The molecule has 0 spiro atoms. The molecule has 0 radical (unpaired) electrons. The lowest BCUT2D eigenvalue weighted by Crippen LogP contribution is -2.18. The molecule has 0 aliphatic carbocycles. The fourth-order valence-corrected chi connectivity index (χ4v) is 1.63. The van der Waals surface area contributed by atoms with E-state index < -0.39 is 18.1 Å². The minimum Gasteiger partial charge on any atom is -0.465 e. The first-order chi connectivity index (χ1) is 10.9. The van der Waals surface area contributed by atoms with Crippen molar-refractivity contribution in [3.63, 3.8) is 0 Å². The predicted octanol–water partition coefficient (Wildman–Crippen LogP) is 3.17. The largest absolute Gasteiger partial charge is 0.573 e. The van der Waals surface area contributed by atoms with Crippen LogP contribution in [0.2, 0.25) is 0 Å². The Morgan fingerprint density at radius 3 is 2.43 bits per heavy atom. The van der Waals surface area contributed by atoms with Gasteiger partial charge < -0.3 is 9.47 Å². The molecular weight excluding hydrogens is 311 g/mol. The number of benzene rings is 1. The van der Waals surface area contributed by atoms with Gasteiger partial charge in [0.1, 0.15) is 0 Å². The Morgan fingerprint density at radius 2 is 1.83 bits per heavy atom. The molecule has 0 aliphatic heterocycles. The first kappa shape index (κ1) is 16.4. The molecule has 0 saturated carbocycles. The van der Waals surface area contributed by atoms with Crippen LogP contribution in [-0.2, 0) is 4.74 Å². The number of hydrogen-bond donors (Lipinski definition) is 0. The molecule has 0 saturated heterocycles. The van der Waals surface area contributed by atoms with E-state index in [9.17, 15) is 18.0 Å². The third-order valence-corrected chi connectivity index (χ3v) is 2.63. The Labute approximate surface area is 129 Å². The second-order valence-corrected chi connectivity index (χ2v) is 4.22. The standard InChI is InChI=1S/C16H10F3NO3/c1-22-15(21)12-7-4-11(5-8-12)6-9-13-14(3-2-10-20-13)23-16(17,18)19/h2-5,7-8,10H,1H3. The van der Waals surface area contributed by atoms with Crippen LogP contribution in [0.25, 0.3) is 0 Å². The number of aromatic nitrogens is 1. The Morgan fingerprint density at radius 1 is 1.13 bits per heavy atom. The van der Waals surface area contributed by atoms with Crippen molar-refractivity contribution in [2.45, 2.75) is 6.36 Å². The zero-order valence-electron chi connectivity index (χ0n) is 11.8. The highest BCUT2D eigenvalue weighted by Gasteiger charge is 2.32. The molecule has 7 heteroatoms. The molecule has 0 aliphatic rings. The number of ether oxygens (including phenoxy) is 2. The molecule has 0 N–H and O–H groups in total. The Kier molecular flexibility index (Phi) is 4.86. The summed E-state index contributed by atoms with van der Waals surface area (Å²) in [5, 5.41) is 0. The lowest BCUT2D eigenvalue weighted by atomic mass is 10.1. The van der Waals surface area contributed by atoms with Crippen LogP contribution >= 0.6 is 0 Å². The van der Waals surface area contributed by atoms with Gasteiger partial charge >= 0.3 is 12.3 Å². The molecule has 23 heavy (non-hydrogen) atoms. The fourth-order valence-electron chi connectivity index (χ4n) is 1.63. The number of methoxy groups -OCH3 is 1. The van der Waals surface area contributed by atoms with E-state index in [-0.39, 0.29) is 5.69 Å². The lowest BCUT2D eigenvalue weighted by Gasteiger charge is -2.09.